The number of piperazine rings is 1. The highest BCUT2D eigenvalue weighted by Crippen LogP contribution is 2.20. The molecule has 0 saturated carbocycles. The molecule has 0 radical (unpaired) electrons. The number of rotatable bonds is 5. The summed E-state index contributed by atoms with van der Waals surface area (Å²) in [6, 6.07) is 13.9. The first kappa shape index (κ1) is 19.9. The summed E-state index contributed by atoms with van der Waals surface area (Å²) in [5.74, 6) is -0.126. The van der Waals surface area contributed by atoms with E-state index in [1.165, 1.54) is 4.31 Å². The van der Waals surface area contributed by atoms with Crippen molar-refractivity contribution < 1.29 is 13.2 Å². The lowest BCUT2D eigenvalue weighted by molar-refractivity contribution is 0.0698. The summed E-state index contributed by atoms with van der Waals surface area (Å²) in [7, 11) is -3.54. The second-order valence-electron chi connectivity index (χ2n) is 6.60. The van der Waals surface area contributed by atoms with E-state index < -0.39 is 10.0 Å². The van der Waals surface area contributed by atoms with Crippen molar-refractivity contribution >= 4 is 27.5 Å². The first-order chi connectivity index (χ1) is 12.9. The van der Waals surface area contributed by atoms with Crippen molar-refractivity contribution in [2.24, 2.45) is 0 Å². The predicted octanol–water partition coefficient (Wildman–Crippen LogP) is 3.44. The monoisotopic (exact) mass is 406 g/mol. The number of nitrogens with zero attached hydrogens (tertiary/aromatic N) is 2. The van der Waals surface area contributed by atoms with Gasteiger partial charge in [-0.25, -0.2) is 8.42 Å². The minimum absolute atomic E-state index is 0.126. The van der Waals surface area contributed by atoms with E-state index in [0.717, 1.165) is 18.4 Å². The van der Waals surface area contributed by atoms with E-state index in [1.807, 2.05) is 12.1 Å². The third-order valence-corrected chi connectivity index (χ3v) is 6.85. The molecule has 0 unspecified atom stereocenters. The molecule has 0 atom stereocenters. The van der Waals surface area contributed by atoms with E-state index in [2.05, 4.69) is 6.92 Å². The average molecular weight is 407 g/mol. The zero-order chi connectivity index (χ0) is 19.4. The molecule has 0 spiro atoms. The summed E-state index contributed by atoms with van der Waals surface area (Å²) in [5.41, 5.74) is 1.65. The summed E-state index contributed by atoms with van der Waals surface area (Å²) >= 11 is 5.95. The number of carbonyl (C=O) groups is 1. The van der Waals surface area contributed by atoms with Gasteiger partial charge in [0.1, 0.15) is 0 Å². The molecule has 0 aliphatic carbocycles. The number of sulfonamides is 1. The van der Waals surface area contributed by atoms with Crippen molar-refractivity contribution in [3.8, 4) is 0 Å². The van der Waals surface area contributed by atoms with Gasteiger partial charge in [0, 0.05) is 36.8 Å². The van der Waals surface area contributed by atoms with Gasteiger partial charge in [0.15, 0.2) is 0 Å². The van der Waals surface area contributed by atoms with Crippen LogP contribution in [0.1, 0.15) is 29.3 Å². The quantitative estimate of drug-likeness (QED) is 0.764. The number of halogens is 1. The van der Waals surface area contributed by atoms with E-state index >= 15 is 0 Å². The van der Waals surface area contributed by atoms with Crippen LogP contribution < -0.4 is 0 Å². The van der Waals surface area contributed by atoms with Gasteiger partial charge in [-0.1, -0.05) is 43.1 Å². The van der Waals surface area contributed by atoms with E-state index in [-0.39, 0.29) is 19.0 Å². The lowest BCUT2D eigenvalue weighted by Crippen LogP contribution is -2.50. The molecule has 1 aliphatic heterocycles. The van der Waals surface area contributed by atoms with Gasteiger partial charge in [-0.05, 0) is 42.3 Å². The molecule has 27 heavy (non-hydrogen) atoms. The normalized spacial score (nSPS) is 15.7. The molecule has 1 amide bonds. The van der Waals surface area contributed by atoms with Crippen LogP contribution in [0.15, 0.2) is 53.4 Å². The number of hydrogen-bond acceptors (Lipinski definition) is 3. The number of benzene rings is 2. The average Bonchev–Trinajstić information content (AvgIpc) is 2.68. The number of carbonyl (C=O) groups excluding carboxylic acids is 1. The molecule has 1 fully saturated rings. The Labute approximate surface area is 165 Å². The standard InChI is InChI=1S/C20H23ClN2O3S/c1-2-4-16-7-9-19(10-8-16)27(25,26)23-13-11-22(12-14-23)20(24)17-5-3-6-18(21)15-17/h3,5-10,15H,2,4,11-14H2,1H3. The predicted molar refractivity (Wildman–Crippen MR) is 107 cm³/mol. The van der Waals surface area contributed by atoms with Crippen molar-refractivity contribution in [2.45, 2.75) is 24.7 Å². The van der Waals surface area contributed by atoms with Crippen LogP contribution in [0.3, 0.4) is 0 Å². The third kappa shape index (κ3) is 4.51. The largest absolute Gasteiger partial charge is 0.336 e. The highest BCUT2D eigenvalue weighted by molar-refractivity contribution is 7.89. The summed E-state index contributed by atoms with van der Waals surface area (Å²) in [5, 5.41) is 0.508. The van der Waals surface area contributed by atoms with E-state index in [1.54, 1.807) is 41.3 Å². The Bertz CT molecular complexity index is 905. The molecule has 1 heterocycles. The van der Waals surface area contributed by atoms with Gasteiger partial charge >= 0.3 is 0 Å². The van der Waals surface area contributed by atoms with Gasteiger partial charge in [0.2, 0.25) is 10.0 Å². The number of aryl methyl sites for hydroxylation is 1. The Morgan fingerprint density at radius 1 is 1.04 bits per heavy atom. The molecular formula is C20H23ClN2O3S. The molecule has 0 bridgehead atoms. The van der Waals surface area contributed by atoms with Crippen molar-refractivity contribution in [1.82, 2.24) is 9.21 Å². The highest BCUT2D eigenvalue weighted by atomic mass is 35.5. The summed E-state index contributed by atoms with van der Waals surface area (Å²) in [6.45, 7) is 3.38. The molecule has 2 aromatic carbocycles. The molecule has 2 aromatic rings. The molecule has 1 saturated heterocycles. The van der Waals surface area contributed by atoms with Crippen LogP contribution in [0.25, 0.3) is 0 Å². The molecule has 5 nitrogen and oxygen atoms in total. The van der Waals surface area contributed by atoms with Crippen LogP contribution in [-0.4, -0.2) is 49.7 Å². The van der Waals surface area contributed by atoms with Crippen LogP contribution in [0.5, 0.6) is 0 Å². The summed E-state index contributed by atoms with van der Waals surface area (Å²) in [4.78, 5) is 14.5. The van der Waals surface area contributed by atoms with E-state index in [0.29, 0.717) is 28.6 Å². The lowest BCUT2D eigenvalue weighted by atomic mass is 10.1. The van der Waals surface area contributed by atoms with Gasteiger partial charge in [-0.3, -0.25) is 4.79 Å². The molecule has 0 N–H and O–H groups in total. The van der Waals surface area contributed by atoms with Gasteiger partial charge in [0.25, 0.3) is 5.91 Å². The highest BCUT2D eigenvalue weighted by Gasteiger charge is 2.30. The zero-order valence-electron chi connectivity index (χ0n) is 15.3. The lowest BCUT2D eigenvalue weighted by Gasteiger charge is -2.34. The van der Waals surface area contributed by atoms with Crippen molar-refractivity contribution in [3.63, 3.8) is 0 Å². The van der Waals surface area contributed by atoms with Gasteiger partial charge < -0.3 is 4.90 Å². The van der Waals surface area contributed by atoms with E-state index in [9.17, 15) is 13.2 Å². The molecule has 1 aliphatic rings. The van der Waals surface area contributed by atoms with Crippen LogP contribution in [-0.2, 0) is 16.4 Å². The van der Waals surface area contributed by atoms with Gasteiger partial charge in [-0.15, -0.1) is 0 Å². The van der Waals surface area contributed by atoms with Crippen molar-refractivity contribution in [1.29, 1.82) is 0 Å². The fourth-order valence-electron chi connectivity index (χ4n) is 3.20. The second kappa shape index (κ2) is 8.42. The molecule has 144 valence electrons. The Balaban J connectivity index is 1.66. The maximum Gasteiger partial charge on any atom is 0.253 e. The maximum atomic E-state index is 12.9. The molecule has 3 rings (SSSR count). The van der Waals surface area contributed by atoms with Gasteiger partial charge in [-0.2, -0.15) is 4.31 Å². The third-order valence-electron chi connectivity index (χ3n) is 4.70. The van der Waals surface area contributed by atoms with Crippen molar-refractivity contribution in [3.05, 3.63) is 64.7 Å². The minimum atomic E-state index is -3.54. The van der Waals surface area contributed by atoms with Crippen LogP contribution in [0.2, 0.25) is 5.02 Å². The molecule has 0 aromatic heterocycles. The fraction of sp³-hybridized carbons (Fsp3) is 0.350. The van der Waals surface area contributed by atoms with E-state index in [4.69, 9.17) is 11.6 Å². The summed E-state index contributed by atoms with van der Waals surface area (Å²) in [6.07, 6.45) is 1.96. The molecular weight excluding hydrogens is 384 g/mol. The number of hydrogen-bond donors (Lipinski definition) is 0. The zero-order valence-corrected chi connectivity index (χ0v) is 16.8. The Kier molecular flexibility index (Phi) is 6.19. The fourth-order valence-corrected chi connectivity index (χ4v) is 4.81. The first-order valence-electron chi connectivity index (χ1n) is 9.06. The first-order valence-corrected chi connectivity index (χ1v) is 10.9. The number of amides is 1. The minimum Gasteiger partial charge on any atom is -0.336 e. The maximum absolute atomic E-state index is 12.9. The second-order valence-corrected chi connectivity index (χ2v) is 8.97. The van der Waals surface area contributed by atoms with Gasteiger partial charge in [0.05, 0.1) is 4.90 Å². The SMILES string of the molecule is CCCc1ccc(S(=O)(=O)N2CCN(C(=O)c3cccc(Cl)c3)CC2)cc1. The van der Waals surface area contributed by atoms with Crippen molar-refractivity contribution in [2.75, 3.05) is 26.2 Å². The van der Waals surface area contributed by atoms with Crippen LogP contribution >= 0.6 is 11.6 Å². The smallest absolute Gasteiger partial charge is 0.253 e. The Morgan fingerprint density at radius 3 is 2.30 bits per heavy atom. The summed E-state index contributed by atoms with van der Waals surface area (Å²) < 4.78 is 27.2. The molecule has 7 heteroatoms. The Morgan fingerprint density at radius 2 is 1.70 bits per heavy atom. The van der Waals surface area contributed by atoms with Crippen LogP contribution in [0.4, 0.5) is 0 Å². The van der Waals surface area contributed by atoms with Crippen LogP contribution in [0, 0.1) is 0 Å². The topological polar surface area (TPSA) is 57.7 Å². The Hall–Kier alpha value is -1.89.